The van der Waals surface area contributed by atoms with E-state index in [4.69, 9.17) is 21.4 Å². The molecule has 1 aromatic heterocycles. The lowest BCUT2D eigenvalue weighted by atomic mass is 10.2. The number of fused-ring (bicyclic) bond motifs is 1. The molecule has 3 rings (SSSR count). The maximum Gasteiger partial charge on any atom is 0.262 e. The molecule has 0 spiro atoms. The summed E-state index contributed by atoms with van der Waals surface area (Å²) in [6, 6.07) is 4.23. The van der Waals surface area contributed by atoms with Gasteiger partial charge in [-0.15, -0.1) is 0 Å². The van der Waals surface area contributed by atoms with Crippen molar-refractivity contribution in [1.29, 1.82) is 5.41 Å². The highest BCUT2D eigenvalue weighted by atomic mass is 35.5. The van der Waals surface area contributed by atoms with Crippen molar-refractivity contribution in [3.8, 4) is 0 Å². The number of nitrogens with one attached hydrogen (secondary N) is 3. The van der Waals surface area contributed by atoms with Crippen molar-refractivity contribution in [2.45, 2.75) is 75.6 Å². The van der Waals surface area contributed by atoms with Crippen LogP contribution in [0.2, 0.25) is 23.4 Å². The first-order valence-corrected chi connectivity index (χ1v) is 16.7. The number of nitrogens with zero attached hydrogens (tertiary/aromatic N) is 2. The number of allylic oxidation sites excluding steroid dienone is 1. The second-order valence-corrected chi connectivity index (χ2v) is 17.9. The minimum Gasteiger partial charge on any atom is -0.415 e. The van der Waals surface area contributed by atoms with Crippen LogP contribution >= 0.6 is 11.6 Å². The van der Waals surface area contributed by atoms with E-state index < -0.39 is 29.4 Å². The zero-order chi connectivity index (χ0) is 26.9. The average molecular weight is 554 g/mol. The Morgan fingerprint density at radius 3 is 2.58 bits per heavy atom. The van der Waals surface area contributed by atoms with Crippen molar-refractivity contribution in [2.75, 3.05) is 13.2 Å². The summed E-state index contributed by atoms with van der Waals surface area (Å²) in [6.45, 7) is 13.9. The highest BCUT2D eigenvalue weighted by Crippen LogP contribution is 2.37. The average Bonchev–Trinajstić information content (AvgIpc) is 3.49. The summed E-state index contributed by atoms with van der Waals surface area (Å²) in [4.78, 5) is 17.5. The van der Waals surface area contributed by atoms with Gasteiger partial charge >= 0.3 is 0 Å². The summed E-state index contributed by atoms with van der Waals surface area (Å²) < 4.78 is 35.6. The maximum absolute atomic E-state index is 13.2. The third-order valence-corrected chi connectivity index (χ3v) is 13.4. The van der Waals surface area contributed by atoms with Crippen LogP contribution in [0.5, 0.6) is 0 Å². The molecular formula is C24H36ClN5O4SSi. The molecule has 0 atom stereocenters. The lowest BCUT2D eigenvalue weighted by molar-refractivity contribution is 0.291. The van der Waals surface area contributed by atoms with E-state index in [0.717, 1.165) is 19.1 Å². The second kappa shape index (κ2) is 10.4. The van der Waals surface area contributed by atoms with Crippen molar-refractivity contribution in [2.24, 2.45) is 0 Å². The van der Waals surface area contributed by atoms with Gasteiger partial charge in [0, 0.05) is 30.1 Å². The Morgan fingerprint density at radius 1 is 1.33 bits per heavy atom. The monoisotopic (exact) mass is 553 g/mol. The lowest BCUT2D eigenvalue weighted by Gasteiger charge is -2.36. The van der Waals surface area contributed by atoms with Gasteiger partial charge in [0.1, 0.15) is 0 Å². The van der Waals surface area contributed by atoms with E-state index in [-0.39, 0.29) is 27.1 Å². The van der Waals surface area contributed by atoms with E-state index in [0.29, 0.717) is 24.2 Å². The fraction of sp³-hybridized carbons (Fsp3) is 0.542. The molecule has 2 aromatic rings. The highest BCUT2D eigenvalue weighted by Gasteiger charge is 2.41. The smallest absolute Gasteiger partial charge is 0.262 e. The molecule has 1 aromatic carbocycles. The van der Waals surface area contributed by atoms with Gasteiger partial charge in [0.05, 0.1) is 29.0 Å². The molecule has 1 aliphatic carbocycles. The van der Waals surface area contributed by atoms with E-state index >= 15 is 0 Å². The summed E-state index contributed by atoms with van der Waals surface area (Å²) in [6.07, 6.45) is 4.34. The molecule has 3 N–H and O–H groups in total. The van der Waals surface area contributed by atoms with Crippen LogP contribution in [0.15, 0.2) is 39.7 Å². The first-order valence-electron chi connectivity index (χ1n) is 11.9. The fourth-order valence-electron chi connectivity index (χ4n) is 3.25. The standard InChI is InChI=1S/C24H36ClN5O4SSi/c1-23(2,3)36(5,6)34-12-11-27-15-17(14-26)16-30-21(31)19-13-18(7-8-20(19)28-22(30)25)35(32,33)29-24(4)9-10-24/h7-8,13-15,26-27,29H,9-12,16H2,1-6H3/b17-15+,26-14?. The first-order chi connectivity index (χ1) is 16.6. The van der Waals surface area contributed by atoms with Crippen LogP contribution in [0.25, 0.3) is 10.9 Å². The van der Waals surface area contributed by atoms with Crippen LogP contribution in [-0.4, -0.2) is 51.2 Å². The van der Waals surface area contributed by atoms with Gasteiger partial charge in [0.2, 0.25) is 15.3 Å². The molecule has 9 nitrogen and oxygen atoms in total. The minimum atomic E-state index is -3.78. The SMILES string of the molecule is CC1(NS(=O)(=O)c2ccc3nc(Cl)n(C/C(C=N)=C/NCCO[Si](C)(C)C(C)(C)C)c(=O)c3c2)CC1. The number of rotatable bonds is 11. The summed E-state index contributed by atoms with van der Waals surface area (Å²) in [5, 5.41) is 11.1. The van der Waals surface area contributed by atoms with Gasteiger partial charge in [0.25, 0.3) is 5.56 Å². The Kier molecular flexibility index (Phi) is 8.21. The Bertz CT molecular complexity index is 1340. The number of hydrogen-bond donors (Lipinski definition) is 3. The van der Waals surface area contributed by atoms with Gasteiger partial charge in [-0.25, -0.2) is 18.1 Å². The second-order valence-electron chi connectivity index (χ2n) is 11.0. The quantitative estimate of drug-likeness (QED) is 0.167. The normalized spacial score (nSPS) is 16.2. The Hall–Kier alpha value is -2.05. The molecule has 0 amide bonds. The molecule has 0 bridgehead atoms. The van der Waals surface area contributed by atoms with Gasteiger partial charge in [-0.1, -0.05) is 20.8 Å². The van der Waals surface area contributed by atoms with E-state index in [1.54, 1.807) is 6.20 Å². The van der Waals surface area contributed by atoms with Crippen molar-refractivity contribution in [3.05, 3.63) is 45.6 Å². The summed E-state index contributed by atoms with van der Waals surface area (Å²) >= 11 is 6.29. The van der Waals surface area contributed by atoms with Crippen LogP contribution in [0.1, 0.15) is 40.5 Å². The summed E-state index contributed by atoms with van der Waals surface area (Å²) in [5.74, 6) is 0. The summed E-state index contributed by atoms with van der Waals surface area (Å²) in [7, 11) is -5.62. The molecule has 1 heterocycles. The zero-order valence-electron chi connectivity index (χ0n) is 21.7. The predicted octanol–water partition coefficient (Wildman–Crippen LogP) is 4.03. The highest BCUT2D eigenvalue weighted by molar-refractivity contribution is 7.89. The van der Waals surface area contributed by atoms with E-state index in [2.05, 4.69) is 48.9 Å². The molecule has 0 aliphatic heterocycles. The zero-order valence-corrected chi connectivity index (χ0v) is 24.3. The molecule has 1 fully saturated rings. The van der Waals surface area contributed by atoms with Crippen LogP contribution < -0.4 is 15.6 Å². The number of hydrogen-bond acceptors (Lipinski definition) is 7. The number of benzene rings is 1. The van der Waals surface area contributed by atoms with Gasteiger partial charge in [-0.2, -0.15) is 0 Å². The van der Waals surface area contributed by atoms with Gasteiger partial charge in [-0.05, 0) is 67.7 Å². The molecule has 0 saturated heterocycles. The molecule has 0 radical (unpaired) electrons. The molecule has 36 heavy (non-hydrogen) atoms. The van der Waals surface area contributed by atoms with Crippen molar-refractivity contribution in [3.63, 3.8) is 0 Å². The topological polar surface area (TPSA) is 126 Å². The van der Waals surface area contributed by atoms with E-state index in [1.807, 2.05) is 6.92 Å². The van der Waals surface area contributed by atoms with Crippen LogP contribution in [0, 0.1) is 5.41 Å². The maximum atomic E-state index is 13.2. The molecule has 198 valence electrons. The lowest BCUT2D eigenvalue weighted by Crippen LogP contribution is -2.42. The molecule has 12 heteroatoms. The van der Waals surface area contributed by atoms with Crippen LogP contribution in [-0.2, 0) is 21.0 Å². The van der Waals surface area contributed by atoms with E-state index in [9.17, 15) is 13.2 Å². The number of sulfonamides is 1. The Morgan fingerprint density at radius 2 is 2.00 bits per heavy atom. The van der Waals surface area contributed by atoms with Crippen molar-refractivity contribution < 1.29 is 12.8 Å². The Balaban J connectivity index is 1.77. The number of halogens is 1. The van der Waals surface area contributed by atoms with Crippen LogP contribution in [0.4, 0.5) is 0 Å². The van der Waals surface area contributed by atoms with Gasteiger partial charge in [0.15, 0.2) is 8.32 Å². The molecule has 1 saturated carbocycles. The molecular weight excluding hydrogens is 518 g/mol. The van der Waals surface area contributed by atoms with Crippen molar-refractivity contribution >= 4 is 47.1 Å². The van der Waals surface area contributed by atoms with E-state index in [1.165, 1.54) is 22.8 Å². The molecule has 1 aliphatic rings. The predicted molar refractivity (Wildman–Crippen MR) is 147 cm³/mol. The minimum absolute atomic E-state index is 0.00196. The largest absolute Gasteiger partial charge is 0.415 e. The molecule has 0 unspecified atom stereocenters. The fourth-order valence-corrected chi connectivity index (χ4v) is 6.01. The Labute approximate surface area is 219 Å². The van der Waals surface area contributed by atoms with Gasteiger partial charge in [-0.3, -0.25) is 9.36 Å². The van der Waals surface area contributed by atoms with Gasteiger partial charge < -0.3 is 15.2 Å². The van der Waals surface area contributed by atoms with Crippen LogP contribution in [0.3, 0.4) is 0 Å². The first kappa shape index (κ1) is 28.5. The third kappa shape index (κ3) is 6.63. The third-order valence-electron chi connectivity index (χ3n) is 6.90. The van der Waals surface area contributed by atoms with Crippen molar-refractivity contribution in [1.82, 2.24) is 19.6 Å². The number of aromatic nitrogens is 2. The summed E-state index contributed by atoms with van der Waals surface area (Å²) in [5.41, 5.74) is -0.106.